The summed E-state index contributed by atoms with van der Waals surface area (Å²) >= 11 is 2.23. The summed E-state index contributed by atoms with van der Waals surface area (Å²) in [5, 5.41) is 11.7. The van der Waals surface area contributed by atoms with E-state index in [1.807, 2.05) is 42.5 Å². The monoisotopic (exact) mass is 434 g/mol. The maximum Gasteiger partial charge on any atom is 0.174 e. The van der Waals surface area contributed by atoms with Crippen LogP contribution in [0.5, 0.6) is 11.5 Å². The van der Waals surface area contributed by atoms with Crippen molar-refractivity contribution in [1.29, 1.82) is 0 Å². The fourth-order valence-electron chi connectivity index (χ4n) is 2.07. The largest absolute Gasteiger partial charge is 0.493 e. The lowest BCUT2D eigenvalue weighted by atomic mass is 10.2. The number of methoxy groups -OCH3 is 1. The van der Waals surface area contributed by atoms with E-state index in [-0.39, 0.29) is 0 Å². The highest BCUT2D eigenvalue weighted by Gasteiger charge is 2.11. The molecule has 7 heteroatoms. The number of hydrogen-bond donors (Lipinski definition) is 0. The van der Waals surface area contributed by atoms with E-state index in [1.54, 1.807) is 13.3 Å². The average molecular weight is 434 g/mol. The number of ether oxygens (including phenoxy) is 2. The molecule has 0 unspecified atom stereocenters. The molecule has 0 atom stereocenters. The molecule has 0 saturated heterocycles. The van der Waals surface area contributed by atoms with Gasteiger partial charge in [0.05, 0.1) is 16.9 Å². The molecule has 2 aromatic carbocycles. The van der Waals surface area contributed by atoms with E-state index in [9.17, 15) is 0 Å². The fourth-order valence-corrected chi connectivity index (χ4v) is 2.85. The first-order valence-corrected chi connectivity index (χ1v) is 8.27. The Morgan fingerprint density at radius 1 is 1.17 bits per heavy atom. The molecule has 122 valence electrons. The van der Waals surface area contributed by atoms with Gasteiger partial charge in [-0.1, -0.05) is 30.3 Å². The van der Waals surface area contributed by atoms with E-state index < -0.39 is 0 Å². The molecule has 0 aliphatic rings. The van der Waals surface area contributed by atoms with Gasteiger partial charge in [-0.05, 0) is 45.9 Å². The van der Waals surface area contributed by atoms with Crippen molar-refractivity contribution in [3.8, 4) is 11.5 Å². The molecule has 24 heavy (non-hydrogen) atoms. The lowest BCUT2D eigenvalue weighted by Crippen LogP contribution is -2.01. The van der Waals surface area contributed by atoms with Crippen LogP contribution in [0.4, 0.5) is 0 Å². The molecule has 0 aliphatic carbocycles. The summed E-state index contributed by atoms with van der Waals surface area (Å²) in [5.74, 6) is 1.39. The van der Waals surface area contributed by atoms with Gasteiger partial charge in [-0.25, -0.2) is 4.68 Å². The third-order valence-corrected chi connectivity index (χ3v) is 4.03. The van der Waals surface area contributed by atoms with Crippen LogP contribution in [-0.2, 0) is 6.61 Å². The summed E-state index contributed by atoms with van der Waals surface area (Å²) in [6.07, 6.45) is 4.76. The van der Waals surface area contributed by atoms with Gasteiger partial charge in [0.15, 0.2) is 11.5 Å². The van der Waals surface area contributed by atoms with E-state index in [4.69, 9.17) is 9.47 Å². The van der Waals surface area contributed by atoms with Crippen molar-refractivity contribution in [1.82, 2.24) is 14.9 Å². The molecule has 0 bridgehead atoms. The minimum Gasteiger partial charge on any atom is -0.493 e. The lowest BCUT2D eigenvalue weighted by molar-refractivity contribution is 0.282. The van der Waals surface area contributed by atoms with Gasteiger partial charge in [-0.3, -0.25) is 0 Å². The molecule has 0 spiro atoms. The number of aromatic nitrogens is 3. The standard InChI is InChI=1S/C17H15IN4O2/c1-23-16-8-14(9-21-22-11-19-20-12-22)7-15(18)17(16)24-10-13-5-3-2-4-6-13/h2-9,11-12H,10H2,1H3/b21-9-. The highest BCUT2D eigenvalue weighted by molar-refractivity contribution is 14.1. The van der Waals surface area contributed by atoms with Gasteiger partial charge in [0.25, 0.3) is 0 Å². The highest BCUT2D eigenvalue weighted by atomic mass is 127. The summed E-state index contributed by atoms with van der Waals surface area (Å²) in [6, 6.07) is 13.9. The lowest BCUT2D eigenvalue weighted by Gasteiger charge is -2.13. The molecule has 0 radical (unpaired) electrons. The molecule has 6 nitrogen and oxygen atoms in total. The fraction of sp³-hybridized carbons (Fsp3) is 0.118. The van der Waals surface area contributed by atoms with E-state index >= 15 is 0 Å². The number of nitrogens with zero attached hydrogens (tertiary/aromatic N) is 4. The van der Waals surface area contributed by atoms with Crippen LogP contribution in [0, 0.1) is 3.57 Å². The third kappa shape index (κ3) is 4.10. The Labute approximate surface area is 153 Å². The predicted molar refractivity (Wildman–Crippen MR) is 99.5 cm³/mol. The number of rotatable bonds is 6. The first-order valence-electron chi connectivity index (χ1n) is 7.19. The van der Waals surface area contributed by atoms with Crippen LogP contribution in [0.2, 0.25) is 0 Å². The summed E-state index contributed by atoms with van der Waals surface area (Å²) in [5.41, 5.74) is 2.01. The average Bonchev–Trinajstić information content (AvgIpc) is 3.13. The molecule has 3 aromatic rings. The summed E-state index contributed by atoms with van der Waals surface area (Å²) in [4.78, 5) is 0. The maximum absolute atomic E-state index is 5.95. The first-order chi connectivity index (χ1) is 11.8. The van der Waals surface area contributed by atoms with Crippen LogP contribution in [0.15, 0.2) is 60.2 Å². The summed E-state index contributed by atoms with van der Waals surface area (Å²) in [7, 11) is 1.63. The second kappa shape index (κ2) is 7.91. The normalized spacial score (nSPS) is 10.9. The van der Waals surface area contributed by atoms with Crippen LogP contribution in [0.3, 0.4) is 0 Å². The molecule has 0 saturated carbocycles. The SMILES string of the molecule is COc1cc(/C=N\n2cnnc2)cc(I)c1OCc1ccccc1. The second-order valence-electron chi connectivity index (χ2n) is 4.89. The topological polar surface area (TPSA) is 61.5 Å². The minimum atomic E-state index is 0.487. The van der Waals surface area contributed by atoms with Gasteiger partial charge < -0.3 is 9.47 Å². The molecular formula is C17H15IN4O2. The van der Waals surface area contributed by atoms with Crippen molar-refractivity contribution < 1.29 is 9.47 Å². The molecule has 0 fully saturated rings. The molecule has 3 rings (SSSR count). The zero-order valence-corrected chi connectivity index (χ0v) is 15.1. The minimum absolute atomic E-state index is 0.487. The van der Waals surface area contributed by atoms with Gasteiger partial charge in [0, 0.05) is 0 Å². The van der Waals surface area contributed by atoms with Crippen LogP contribution in [0.1, 0.15) is 11.1 Å². The molecule has 0 amide bonds. The molecule has 1 heterocycles. The van der Waals surface area contributed by atoms with Gasteiger partial charge in [-0.15, -0.1) is 10.2 Å². The molecule has 0 aliphatic heterocycles. The number of benzene rings is 2. The van der Waals surface area contributed by atoms with Gasteiger partial charge in [-0.2, -0.15) is 5.10 Å². The van der Waals surface area contributed by atoms with E-state index in [1.165, 1.54) is 17.3 Å². The van der Waals surface area contributed by atoms with Crippen molar-refractivity contribution in [3.05, 3.63) is 69.8 Å². The zero-order chi connectivity index (χ0) is 16.8. The van der Waals surface area contributed by atoms with Crippen LogP contribution >= 0.6 is 22.6 Å². The predicted octanol–water partition coefficient (Wildman–Crippen LogP) is 3.35. The van der Waals surface area contributed by atoms with Crippen molar-refractivity contribution in [2.24, 2.45) is 5.10 Å². The molecule has 1 aromatic heterocycles. The van der Waals surface area contributed by atoms with E-state index in [0.29, 0.717) is 12.4 Å². The van der Waals surface area contributed by atoms with Crippen molar-refractivity contribution in [2.75, 3.05) is 7.11 Å². The highest BCUT2D eigenvalue weighted by Crippen LogP contribution is 2.34. The Morgan fingerprint density at radius 2 is 1.92 bits per heavy atom. The summed E-state index contributed by atoms with van der Waals surface area (Å²) in [6.45, 7) is 0.487. The van der Waals surface area contributed by atoms with Crippen LogP contribution in [-0.4, -0.2) is 28.2 Å². The van der Waals surface area contributed by atoms with Crippen LogP contribution < -0.4 is 9.47 Å². The number of halogens is 1. The first kappa shape index (κ1) is 16.4. The molecule has 0 N–H and O–H groups in total. The maximum atomic E-state index is 5.95. The van der Waals surface area contributed by atoms with E-state index in [0.717, 1.165) is 20.4 Å². The van der Waals surface area contributed by atoms with Gasteiger partial charge in [0.2, 0.25) is 0 Å². The third-order valence-electron chi connectivity index (χ3n) is 3.22. The Hall–Kier alpha value is -2.42. The zero-order valence-electron chi connectivity index (χ0n) is 13.0. The second-order valence-corrected chi connectivity index (χ2v) is 6.06. The van der Waals surface area contributed by atoms with E-state index in [2.05, 4.69) is 37.9 Å². The Bertz CT molecular complexity index is 820. The van der Waals surface area contributed by atoms with Crippen molar-refractivity contribution in [3.63, 3.8) is 0 Å². The Morgan fingerprint density at radius 3 is 2.62 bits per heavy atom. The quantitative estimate of drug-likeness (QED) is 0.441. The van der Waals surface area contributed by atoms with Crippen molar-refractivity contribution >= 4 is 28.8 Å². The van der Waals surface area contributed by atoms with Gasteiger partial charge in [0.1, 0.15) is 19.3 Å². The number of hydrogen-bond acceptors (Lipinski definition) is 5. The smallest absolute Gasteiger partial charge is 0.174 e. The van der Waals surface area contributed by atoms with Crippen LogP contribution in [0.25, 0.3) is 0 Å². The summed E-state index contributed by atoms with van der Waals surface area (Å²) < 4.78 is 13.9. The Kier molecular flexibility index (Phi) is 5.42. The van der Waals surface area contributed by atoms with Gasteiger partial charge >= 0.3 is 0 Å². The van der Waals surface area contributed by atoms with Crippen molar-refractivity contribution in [2.45, 2.75) is 6.61 Å². The Balaban J connectivity index is 1.79. The molecular weight excluding hydrogens is 419 g/mol.